The number of aromatic hydroxyl groups is 1. The molecule has 3 aromatic rings. The average Bonchev–Trinajstić information content (AvgIpc) is 2.71. The SMILES string of the molecule is C=CCn1c(=O)c(C(=O)Nc2ccc(OCCC)cc2)c(O)c2ccccc21. The summed E-state index contributed by atoms with van der Waals surface area (Å²) >= 11 is 0. The maximum atomic E-state index is 12.9. The van der Waals surface area contributed by atoms with Gasteiger partial charge in [0.05, 0.1) is 12.1 Å². The molecule has 0 aliphatic rings. The molecule has 0 fully saturated rings. The zero-order valence-corrected chi connectivity index (χ0v) is 15.6. The van der Waals surface area contributed by atoms with Crippen LogP contribution >= 0.6 is 0 Å². The molecule has 0 unspecified atom stereocenters. The standard InChI is InChI=1S/C22H22N2O4/c1-3-13-24-18-8-6-5-7-17(18)20(25)19(22(24)27)21(26)23-15-9-11-16(12-10-15)28-14-4-2/h3,5-12,25H,1,4,13-14H2,2H3,(H,23,26). The molecular formula is C22H22N2O4. The summed E-state index contributed by atoms with van der Waals surface area (Å²) in [5, 5.41) is 13.7. The number of amides is 1. The van der Waals surface area contributed by atoms with E-state index >= 15 is 0 Å². The highest BCUT2D eigenvalue weighted by molar-refractivity contribution is 6.09. The van der Waals surface area contributed by atoms with Gasteiger partial charge in [-0.25, -0.2) is 0 Å². The first-order chi connectivity index (χ1) is 13.6. The van der Waals surface area contributed by atoms with Crippen molar-refractivity contribution in [2.45, 2.75) is 19.9 Å². The van der Waals surface area contributed by atoms with Crippen LogP contribution in [-0.4, -0.2) is 22.2 Å². The molecule has 1 aromatic heterocycles. The number of carbonyl (C=O) groups is 1. The predicted molar refractivity (Wildman–Crippen MR) is 110 cm³/mol. The quantitative estimate of drug-likeness (QED) is 0.611. The fraction of sp³-hybridized carbons (Fsp3) is 0.182. The number of ether oxygens (including phenoxy) is 1. The molecule has 0 bridgehead atoms. The topological polar surface area (TPSA) is 80.6 Å². The molecule has 1 heterocycles. The molecule has 0 aliphatic carbocycles. The molecular weight excluding hydrogens is 356 g/mol. The van der Waals surface area contributed by atoms with E-state index in [1.165, 1.54) is 4.57 Å². The smallest absolute Gasteiger partial charge is 0.268 e. The Balaban J connectivity index is 1.97. The summed E-state index contributed by atoms with van der Waals surface area (Å²) in [6.45, 7) is 6.52. The van der Waals surface area contributed by atoms with E-state index < -0.39 is 11.5 Å². The fourth-order valence-corrected chi connectivity index (χ4v) is 2.95. The van der Waals surface area contributed by atoms with Gasteiger partial charge in [-0.15, -0.1) is 6.58 Å². The van der Waals surface area contributed by atoms with Crippen LogP contribution in [0.3, 0.4) is 0 Å². The number of aromatic nitrogens is 1. The lowest BCUT2D eigenvalue weighted by molar-refractivity contribution is 0.102. The molecule has 144 valence electrons. The molecule has 28 heavy (non-hydrogen) atoms. The Bertz CT molecular complexity index is 1070. The summed E-state index contributed by atoms with van der Waals surface area (Å²) in [4.78, 5) is 25.6. The summed E-state index contributed by atoms with van der Waals surface area (Å²) in [6, 6.07) is 13.7. The summed E-state index contributed by atoms with van der Waals surface area (Å²) in [5.74, 6) is -0.309. The van der Waals surface area contributed by atoms with Crippen molar-refractivity contribution < 1.29 is 14.6 Å². The van der Waals surface area contributed by atoms with Gasteiger partial charge in [-0.05, 0) is 42.8 Å². The maximum Gasteiger partial charge on any atom is 0.268 e. The van der Waals surface area contributed by atoms with Crippen molar-refractivity contribution in [1.29, 1.82) is 0 Å². The van der Waals surface area contributed by atoms with Crippen LogP contribution in [0.2, 0.25) is 0 Å². The van der Waals surface area contributed by atoms with Gasteiger partial charge in [-0.2, -0.15) is 0 Å². The second-order valence-corrected chi connectivity index (χ2v) is 6.27. The van der Waals surface area contributed by atoms with Crippen LogP contribution in [0.1, 0.15) is 23.7 Å². The van der Waals surface area contributed by atoms with E-state index in [1.54, 1.807) is 54.6 Å². The number of hydrogen-bond donors (Lipinski definition) is 2. The van der Waals surface area contributed by atoms with Gasteiger partial charge in [0.15, 0.2) is 0 Å². The van der Waals surface area contributed by atoms with Crippen LogP contribution in [0, 0.1) is 0 Å². The number of allylic oxidation sites excluding steroid dienone is 1. The predicted octanol–water partition coefficient (Wildman–Crippen LogP) is 3.93. The van der Waals surface area contributed by atoms with Crippen molar-refractivity contribution in [2.75, 3.05) is 11.9 Å². The zero-order valence-electron chi connectivity index (χ0n) is 15.6. The van der Waals surface area contributed by atoms with Gasteiger partial charge in [0, 0.05) is 17.6 Å². The Morgan fingerprint density at radius 1 is 1.21 bits per heavy atom. The number of benzene rings is 2. The molecule has 1 amide bonds. The molecule has 0 saturated carbocycles. The van der Waals surface area contributed by atoms with Crippen molar-refractivity contribution in [3.05, 3.63) is 77.1 Å². The van der Waals surface area contributed by atoms with E-state index in [9.17, 15) is 14.7 Å². The first-order valence-electron chi connectivity index (χ1n) is 9.06. The lowest BCUT2D eigenvalue weighted by Gasteiger charge is -2.14. The minimum atomic E-state index is -0.673. The number of carbonyl (C=O) groups excluding carboxylic acids is 1. The lowest BCUT2D eigenvalue weighted by atomic mass is 10.1. The summed E-state index contributed by atoms with van der Waals surface area (Å²) < 4.78 is 6.93. The molecule has 6 heteroatoms. The molecule has 0 atom stereocenters. The third-order valence-electron chi connectivity index (χ3n) is 4.27. The van der Waals surface area contributed by atoms with Gasteiger partial charge in [-0.1, -0.05) is 25.1 Å². The minimum absolute atomic E-state index is 0.226. The van der Waals surface area contributed by atoms with E-state index in [2.05, 4.69) is 11.9 Å². The van der Waals surface area contributed by atoms with E-state index in [0.29, 0.717) is 28.9 Å². The molecule has 0 radical (unpaired) electrons. The van der Waals surface area contributed by atoms with Crippen LogP contribution < -0.4 is 15.6 Å². The highest BCUT2D eigenvalue weighted by Crippen LogP contribution is 2.27. The fourth-order valence-electron chi connectivity index (χ4n) is 2.95. The van der Waals surface area contributed by atoms with Crippen molar-refractivity contribution >= 4 is 22.5 Å². The molecule has 2 aromatic carbocycles. The third kappa shape index (κ3) is 3.76. The van der Waals surface area contributed by atoms with E-state index in [-0.39, 0.29) is 17.9 Å². The number of rotatable bonds is 7. The maximum absolute atomic E-state index is 12.9. The summed E-state index contributed by atoms with van der Waals surface area (Å²) in [6.07, 6.45) is 2.47. The number of hydrogen-bond acceptors (Lipinski definition) is 4. The van der Waals surface area contributed by atoms with E-state index in [0.717, 1.165) is 6.42 Å². The van der Waals surface area contributed by atoms with Crippen LogP contribution in [0.5, 0.6) is 11.5 Å². The Morgan fingerprint density at radius 3 is 2.61 bits per heavy atom. The number of fused-ring (bicyclic) bond motifs is 1. The van der Waals surface area contributed by atoms with Gasteiger partial charge in [0.2, 0.25) is 0 Å². The number of nitrogens with one attached hydrogen (secondary N) is 1. The molecule has 6 nitrogen and oxygen atoms in total. The normalized spacial score (nSPS) is 10.6. The van der Waals surface area contributed by atoms with Crippen LogP contribution in [0.4, 0.5) is 5.69 Å². The van der Waals surface area contributed by atoms with Gasteiger partial charge in [0.25, 0.3) is 11.5 Å². The van der Waals surface area contributed by atoms with E-state index in [1.807, 2.05) is 6.92 Å². The number of para-hydroxylation sites is 1. The number of pyridine rings is 1. The van der Waals surface area contributed by atoms with Crippen LogP contribution in [-0.2, 0) is 6.54 Å². The second-order valence-electron chi connectivity index (χ2n) is 6.27. The van der Waals surface area contributed by atoms with Crippen LogP contribution in [0.25, 0.3) is 10.9 Å². The second kappa shape index (κ2) is 8.43. The zero-order chi connectivity index (χ0) is 20.1. The van der Waals surface area contributed by atoms with Gasteiger partial charge < -0.3 is 19.7 Å². The van der Waals surface area contributed by atoms with Crippen LogP contribution in [0.15, 0.2) is 66.0 Å². The van der Waals surface area contributed by atoms with Gasteiger partial charge in [-0.3, -0.25) is 9.59 Å². The van der Waals surface area contributed by atoms with Crippen molar-refractivity contribution in [3.63, 3.8) is 0 Å². The average molecular weight is 378 g/mol. The highest BCUT2D eigenvalue weighted by Gasteiger charge is 2.22. The molecule has 0 saturated heterocycles. The van der Waals surface area contributed by atoms with Gasteiger partial charge >= 0.3 is 0 Å². The monoisotopic (exact) mass is 378 g/mol. The molecule has 2 N–H and O–H groups in total. The molecule has 0 aliphatic heterocycles. The first kappa shape index (κ1) is 19.2. The largest absolute Gasteiger partial charge is 0.506 e. The number of nitrogens with zero attached hydrogens (tertiary/aromatic N) is 1. The number of anilines is 1. The van der Waals surface area contributed by atoms with Gasteiger partial charge in [0.1, 0.15) is 17.1 Å². The Labute approximate surface area is 162 Å². The Morgan fingerprint density at radius 2 is 1.93 bits per heavy atom. The van der Waals surface area contributed by atoms with Crippen molar-refractivity contribution in [3.8, 4) is 11.5 Å². The summed E-state index contributed by atoms with van der Waals surface area (Å²) in [5.41, 5.74) is 0.165. The van der Waals surface area contributed by atoms with Crippen molar-refractivity contribution in [2.24, 2.45) is 0 Å². The Hall–Kier alpha value is -3.54. The first-order valence-corrected chi connectivity index (χ1v) is 9.06. The molecule has 3 rings (SSSR count). The Kier molecular flexibility index (Phi) is 5.79. The third-order valence-corrected chi connectivity index (χ3v) is 4.27. The lowest BCUT2D eigenvalue weighted by Crippen LogP contribution is -2.29. The van der Waals surface area contributed by atoms with E-state index in [4.69, 9.17) is 4.74 Å². The molecule has 0 spiro atoms. The van der Waals surface area contributed by atoms with Crippen molar-refractivity contribution in [1.82, 2.24) is 4.57 Å². The summed E-state index contributed by atoms with van der Waals surface area (Å²) in [7, 11) is 0. The minimum Gasteiger partial charge on any atom is -0.506 e. The highest BCUT2D eigenvalue weighted by atomic mass is 16.5.